The van der Waals surface area contributed by atoms with E-state index in [2.05, 4.69) is 15.3 Å². The van der Waals surface area contributed by atoms with Crippen LogP contribution in [-0.2, 0) is 4.79 Å². The van der Waals surface area contributed by atoms with Crippen molar-refractivity contribution in [3.8, 4) is 0 Å². The summed E-state index contributed by atoms with van der Waals surface area (Å²) in [6.07, 6.45) is 3.51. The van der Waals surface area contributed by atoms with Crippen molar-refractivity contribution in [3.63, 3.8) is 0 Å². The van der Waals surface area contributed by atoms with Gasteiger partial charge in [-0.1, -0.05) is 0 Å². The molecule has 0 aromatic carbocycles. The molecular weight excluding hydrogens is 268 g/mol. The van der Waals surface area contributed by atoms with E-state index in [1.807, 2.05) is 25.7 Å². The van der Waals surface area contributed by atoms with Gasteiger partial charge in [0.1, 0.15) is 5.82 Å². The number of nitrogens with one attached hydrogen (secondary N) is 1. The molecule has 1 aromatic heterocycles. The molecule has 6 nitrogen and oxygen atoms in total. The van der Waals surface area contributed by atoms with Crippen LogP contribution in [-0.4, -0.2) is 45.3 Å². The Morgan fingerprint density at radius 3 is 2.52 bits per heavy atom. The predicted octanol–water partition coefficient (Wildman–Crippen LogP) is 1.16. The molecule has 0 saturated carbocycles. The van der Waals surface area contributed by atoms with E-state index >= 15 is 0 Å². The van der Waals surface area contributed by atoms with Crippen molar-refractivity contribution in [2.45, 2.75) is 39.7 Å². The van der Waals surface area contributed by atoms with Gasteiger partial charge >= 0.3 is 0 Å². The number of hydrogen-bond acceptors (Lipinski definition) is 4. The Morgan fingerprint density at radius 1 is 1.38 bits per heavy atom. The summed E-state index contributed by atoms with van der Waals surface area (Å²) in [5.74, 6) is 0.748. The number of rotatable bonds is 3. The lowest BCUT2D eigenvalue weighted by Crippen LogP contribution is -2.42. The fraction of sp³-hybridized carbons (Fsp3) is 0.600. The minimum Gasteiger partial charge on any atom is -0.352 e. The molecule has 1 N–H and O–H groups in total. The summed E-state index contributed by atoms with van der Waals surface area (Å²) in [4.78, 5) is 33.8. The van der Waals surface area contributed by atoms with Crippen LogP contribution in [0.1, 0.15) is 43.4 Å². The number of carbonyl (C=O) groups excluding carboxylic acids is 2. The SMILES string of the molecule is Cc1ncc(C(=O)NCC2CC(=O)N(C(C)(C)C)C2)cn1. The fourth-order valence-electron chi connectivity index (χ4n) is 2.42. The second-order valence-corrected chi connectivity index (χ2v) is 6.47. The normalized spacial score (nSPS) is 19.0. The van der Waals surface area contributed by atoms with E-state index < -0.39 is 0 Å². The topological polar surface area (TPSA) is 75.2 Å². The van der Waals surface area contributed by atoms with Gasteiger partial charge in [-0.15, -0.1) is 0 Å². The first-order valence-electron chi connectivity index (χ1n) is 7.14. The summed E-state index contributed by atoms with van der Waals surface area (Å²) in [6.45, 7) is 9.02. The Balaban J connectivity index is 1.88. The first-order valence-corrected chi connectivity index (χ1v) is 7.14. The number of aromatic nitrogens is 2. The van der Waals surface area contributed by atoms with Crippen molar-refractivity contribution in [1.29, 1.82) is 0 Å². The minimum atomic E-state index is -0.198. The maximum atomic E-state index is 12.0. The summed E-state index contributed by atoms with van der Waals surface area (Å²) in [7, 11) is 0. The summed E-state index contributed by atoms with van der Waals surface area (Å²) >= 11 is 0. The Morgan fingerprint density at radius 2 is 2.00 bits per heavy atom. The van der Waals surface area contributed by atoms with E-state index in [4.69, 9.17) is 0 Å². The second-order valence-electron chi connectivity index (χ2n) is 6.47. The molecule has 2 amide bonds. The smallest absolute Gasteiger partial charge is 0.254 e. The molecule has 2 rings (SSSR count). The van der Waals surface area contributed by atoms with Crippen LogP contribution in [0.3, 0.4) is 0 Å². The van der Waals surface area contributed by atoms with Gasteiger partial charge in [0.05, 0.1) is 5.56 Å². The number of carbonyl (C=O) groups is 2. The predicted molar refractivity (Wildman–Crippen MR) is 78.7 cm³/mol. The Labute approximate surface area is 125 Å². The molecule has 0 aliphatic carbocycles. The molecule has 0 bridgehead atoms. The van der Waals surface area contributed by atoms with Gasteiger partial charge in [-0.25, -0.2) is 9.97 Å². The van der Waals surface area contributed by atoms with E-state index in [0.717, 1.165) is 0 Å². The summed E-state index contributed by atoms with van der Waals surface area (Å²) in [6, 6.07) is 0. The van der Waals surface area contributed by atoms with Crippen LogP contribution in [0.5, 0.6) is 0 Å². The van der Waals surface area contributed by atoms with Crippen LogP contribution < -0.4 is 5.32 Å². The van der Waals surface area contributed by atoms with Crippen LogP contribution in [0, 0.1) is 12.8 Å². The van der Waals surface area contributed by atoms with Gasteiger partial charge in [0.25, 0.3) is 5.91 Å². The zero-order valence-electron chi connectivity index (χ0n) is 13.0. The van der Waals surface area contributed by atoms with E-state index in [9.17, 15) is 9.59 Å². The van der Waals surface area contributed by atoms with E-state index in [0.29, 0.717) is 30.9 Å². The quantitative estimate of drug-likeness (QED) is 0.906. The summed E-state index contributed by atoms with van der Waals surface area (Å²) in [5, 5.41) is 2.86. The summed E-state index contributed by atoms with van der Waals surface area (Å²) in [5.41, 5.74) is 0.276. The fourth-order valence-corrected chi connectivity index (χ4v) is 2.42. The molecule has 0 spiro atoms. The van der Waals surface area contributed by atoms with E-state index in [1.165, 1.54) is 12.4 Å². The van der Waals surface area contributed by atoms with Crippen LogP contribution in [0.25, 0.3) is 0 Å². The lowest BCUT2D eigenvalue weighted by atomic mass is 10.1. The average molecular weight is 290 g/mol. The van der Waals surface area contributed by atoms with Gasteiger partial charge in [0.15, 0.2) is 0 Å². The van der Waals surface area contributed by atoms with Crippen molar-refractivity contribution in [3.05, 3.63) is 23.8 Å². The van der Waals surface area contributed by atoms with Crippen molar-refractivity contribution >= 4 is 11.8 Å². The van der Waals surface area contributed by atoms with E-state index in [-0.39, 0.29) is 23.3 Å². The Hall–Kier alpha value is -1.98. The van der Waals surface area contributed by atoms with Gasteiger partial charge in [-0.05, 0) is 27.7 Å². The highest BCUT2D eigenvalue weighted by Gasteiger charge is 2.36. The Kier molecular flexibility index (Phi) is 4.25. The van der Waals surface area contributed by atoms with Crippen LogP contribution in [0.2, 0.25) is 0 Å². The average Bonchev–Trinajstić information content (AvgIpc) is 2.78. The third-order valence-corrected chi connectivity index (χ3v) is 3.61. The molecule has 2 heterocycles. The van der Waals surface area contributed by atoms with Gasteiger partial charge < -0.3 is 10.2 Å². The van der Waals surface area contributed by atoms with E-state index in [1.54, 1.807) is 6.92 Å². The maximum Gasteiger partial charge on any atom is 0.254 e. The Bertz CT molecular complexity index is 534. The lowest BCUT2D eigenvalue weighted by molar-refractivity contribution is -0.131. The zero-order valence-corrected chi connectivity index (χ0v) is 13.0. The number of aryl methyl sites for hydroxylation is 1. The molecule has 1 aliphatic heterocycles. The van der Waals surface area contributed by atoms with Crippen molar-refractivity contribution < 1.29 is 9.59 Å². The molecule has 6 heteroatoms. The number of amides is 2. The van der Waals surface area contributed by atoms with Crippen molar-refractivity contribution in [2.24, 2.45) is 5.92 Å². The molecule has 1 atom stereocenters. The van der Waals surface area contributed by atoms with Crippen LogP contribution in [0.4, 0.5) is 0 Å². The highest BCUT2D eigenvalue weighted by molar-refractivity contribution is 5.93. The number of likely N-dealkylation sites (tertiary alicyclic amines) is 1. The minimum absolute atomic E-state index is 0.153. The van der Waals surface area contributed by atoms with Crippen molar-refractivity contribution in [2.75, 3.05) is 13.1 Å². The molecule has 1 saturated heterocycles. The van der Waals surface area contributed by atoms with Crippen LogP contribution in [0.15, 0.2) is 12.4 Å². The molecular formula is C15H22N4O2. The van der Waals surface area contributed by atoms with Gasteiger partial charge in [0.2, 0.25) is 5.91 Å². The molecule has 1 aliphatic rings. The van der Waals surface area contributed by atoms with Gasteiger partial charge in [-0.3, -0.25) is 9.59 Å². The number of nitrogens with zero attached hydrogens (tertiary/aromatic N) is 3. The van der Waals surface area contributed by atoms with Gasteiger partial charge in [-0.2, -0.15) is 0 Å². The first kappa shape index (κ1) is 15.4. The summed E-state index contributed by atoms with van der Waals surface area (Å²) < 4.78 is 0. The number of hydrogen-bond donors (Lipinski definition) is 1. The largest absolute Gasteiger partial charge is 0.352 e. The maximum absolute atomic E-state index is 12.0. The third-order valence-electron chi connectivity index (χ3n) is 3.61. The molecule has 1 fully saturated rings. The monoisotopic (exact) mass is 290 g/mol. The van der Waals surface area contributed by atoms with Crippen LogP contribution >= 0.6 is 0 Å². The highest BCUT2D eigenvalue weighted by atomic mass is 16.2. The zero-order chi connectivity index (χ0) is 15.6. The lowest BCUT2D eigenvalue weighted by Gasteiger charge is -2.32. The standard InChI is InChI=1S/C15H22N4O2/c1-10-16-7-12(8-17-10)14(21)18-6-11-5-13(20)19(9-11)15(2,3)4/h7-8,11H,5-6,9H2,1-4H3,(H,18,21). The second kappa shape index (κ2) is 5.79. The molecule has 0 radical (unpaired) electrons. The van der Waals surface area contributed by atoms with Gasteiger partial charge in [0, 0.05) is 43.4 Å². The molecule has 114 valence electrons. The first-order chi connectivity index (χ1) is 9.77. The molecule has 1 aromatic rings. The molecule has 21 heavy (non-hydrogen) atoms. The van der Waals surface area contributed by atoms with Crippen molar-refractivity contribution in [1.82, 2.24) is 20.2 Å². The highest BCUT2D eigenvalue weighted by Crippen LogP contribution is 2.25. The third kappa shape index (κ3) is 3.77. The molecule has 1 unspecified atom stereocenters.